The van der Waals surface area contributed by atoms with E-state index in [1.165, 1.54) is 0 Å². The summed E-state index contributed by atoms with van der Waals surface area (Å²) in [6, 6.07) is 6.66. The van der Waals surface area contributed by atoms with Crippen LogP contribution >= 0.6 is 15.9 Å². The molecule has 0 unspecified atom stereocenters. The normalized spacial score (nSPS) is 20.6. The Hall–Kier alpha value is -1.89. The van der Waals surface area contributed by atoms with Crippen LogP contribution in [0.2, 0.25) is 0 Å². The van der Waals surface area contributed by atoms with E-state index >= 15 is 0 Å². The predicted octanol–water partition coefficient (Wildman–Crippen LogP) is 2.08. The predicted molar refractivity (Wildman–Crippen MR) is 89.7 cm³/mol. The topological polar surface area (TPSA) is 69.7 Å². The van der Waals surface area contributed by atoms with E-state index in [2.05, 4.69) is 21.2 Å². The Kier molecular flexibility index (Phi) is 5.09. The molecule has 1 fully saturated rings. The number of halogens is 1. The van der Waals surface area contributed by atoms with Gasteiger partial charge in [-0.05, 0) is 38.5 Å². The van der Waals surface area contributed by atoms with Crippen molar-refractivity contribution < 1.29 is 14.4 Å². The van der Waals surface area contributed by atoms with Gasteiger partial charge in [0, 0.05) is 17.6 Å². The van der Waals surface area contributed by atoms with Gasteiger partial charge in [0.05, 0.1) is 0 Å². The highest BCUT2D eigenvalue weighted by atomic mass is 79.9. The molecular weight excluding hydrogens is 362 g/mol. The Morgan fingerprint density at radius 1 is 1.30 bits per heavy atom. The molecule has 1 heterocycles. The zero-order chi connectivity index (χ0) is 17.2. The summed E-state index contributed by atoms with van der Waals surface area (Å²) in [5, 5.41) is 2.70. The molecule has 23 heavy (non-hydrogen) atoms. The number of rotatable bonds is 5. The largest absolute Gasteiger partial charge is 0.342 e. The third-order valence-electron chi connectivity index (χ3n) is 4.09. The second-order valence-corrected chi connectivity index (χ2v) is 6.44. The van der Waals surface area contributed by atoms with E-state index in [4.69, 9.17) is 0 Å². The molecule has 6 nitrogen and oxygen atoms in total. The van der Waals surface area contributed by atoms with E-state index < -0.39 is 17.5 Å². The highest BCUT2D eigenvalue weighted by Gasteiger charge is 2.49. The number of benzene rings is 1. The molecular formula is C16H20BrN3O3. The molecule has 0 aromatic heterocycles. The molecule has 0 radical (unpaired) electrons. The van der Waals surface area contributed by atoms with E-state index in [9.17, 15) is 14.4 Å². The first kappa shape index (κ1) is 17.5. The van der Waals surface area contributed by atoms with Crippen LogP contribution in [0.3, 0.4) is 0 Å². The van der Waals surface area contributed by atoms with Crippen LogP contribution in [0.1, 0.15) is 26.3 Å². The number of hydrogen-bond donors (Lipinski definition) is 1. The first-order valence-corrected chi connectivity index (χ1v) is 8.30. The minimum absolute atomic E-state index is 0.239. The lowest BCUT2D eigenvalue weighted by Crippen LogP contribution is -2.44. The van der Waals surface area contributed by atoms with Crippen molar-refractivity contribution in [3.8, 4) is 0 Å². The van der Waals surface area contributed by atoms with E-state index in [1.54, 1.807) is 30.0 Å². The minimum atomic E-state index is -1.16. The second-order valence-electron chi connectivity index (χ2n) is 5.52. The second kappa shape index (κ2) is 6.70. The zero-order valence-electron chi connectivity index (χ0n) is 13.4. The van der Waals surface area contributed by atoms with Crippen LogP contribution in [0, 0.1) is 0 Å². The number of nitrogens with zero attached hydrogens (tertiary/aromatic N) is 2. The molecule has 1 aromatic carbocycles. The first-order valence-electron chi connectivity index (χ1n) is 7.51. The molecule has 124 valence electrons. The fourth-order valence-electron chi connectivity index (χ4n) is 2.65. The molecule has 1 aromatic rings. The summed E-state index contributed by atoms with van der Waals surface area (Å²) in [4.78, 5) is 39.7. The zero-order valence-corrected chi connectivity index (χ0v) is 15.0. The number of imide groups is 1. The van der Waals surface area contributed by atoms with Crippen LogP contribution in [0.25, 0.3) is 0 Å². The molecule has 4 amide bonds. The lowest BCUT2D eigenvalue weighted by molar-refractivity contribution is -0.138. The first-order chi connectivity index (χ1) is 10.8. The van der Waals surface area contributed by atoms with Crippen LogP contribution in [-0.2, 0) is 15.1 Å². The minimum Gasteiger partial charge on any atom is -0.342 e. The number of carbonyl (C=O) groups is 3. The molecule has 0 bridgehead atoms. The Labute approximate surface area is 143 Å². The fraction of sp³-hybridized carbons (Fsp3) is 0.438. The summed E-state index contributed by atoms with van der Waals surface area (Å²) < 4.78 is 0.816. The number of likely N-dealkylation sites (N-methyl/N-ethyl adjacent to an activating group) is 1. The number of hydrogen-bond acceptors (Lipinski definition) is 3. The van der Waals surface area contributed by atoms with E-state index in [-0.39, 0.29) is 12.5 Å². The molecule has 0 spiro atoms. The van der Waals surface area contributed by atoms with Crippen molar-refractivity contribution in [2.75, 3.05) is 19.6 Å². The van der Waals surface area contributed by atoms with Crippen LogP contribution in [0.4, 0.5) is 4.79 Å². The molecule has 1 N–H and O–H groups in total. The summed E-state index contributed by atoms with van der Waals surface area (Å²) in [5.74, 6) is -0.655. The van der Waals surface area contributed by atoms with E-state index in [1.807, 2.05) is 19.9 Å². The number of carbonyl (C=O) groups excluding carboxylic acids is 3. The molecule has 0 saturated carbocycles. The number of nitrogens with one attached hydrogen (secondary N) is 1. The number of urea groups is 1. The van der Waals surface area contributed by atoms with Gasteiger partial charge in [-0.15, -0.1) is 0 Å². The van der Waals surface area contributed by atoms with Gasteiger partial charge in [-0.25, -0.2) is 4.79 Å². The van der Waals surface area contributed by atoms with Crippen LogP contribution < -0.4 is 5.32 Å². The van der Waals surface area contributed by atoms with E-state index in [0.717, 1.165) is 9.37 Å². The average molecular weight is 382 g/mol. The lowest BCUT2D eigenvalue weighted by Gasteiger charge is -2.24. The van der Waals surface area contributed by atoms with Gasteiger partial charge in [-0.2, -0.15) is 0 Å². The summed E-state index contributed by atoms with van der Waals surface area (Å²) in [7, 11) is 0. The highest BCUT2D eigenvalue weighted by Crippen LogP contribution is 2.30. The summed E-state index contributed by atoms with van der Waals surface area (Å²) in [6.07, 6.45) is 0. The Morgan fingerprint density at radius 2 is 1.96 bits per heavy atom. The van der Waals surface area contributed by atoms with Crippen LogP contribution in [0.15, 0.2) is 28.7 Å². The molecule has 2 rings (SSSR count). The Bertz CT molecular complexity index is 645. The third kappa shape index (κ3) is 3.24. The Balaban J connectivity index is 2.24. The quantitative estimate of drug-likeness (QED) is 0.793. The Morgan fingerprint density at radius 3 is 2.52 bits per heavy atom. The van der Waals surface area contributed by atoms with Crippen molar-refractivity contribution in [1.29, 1.82) is 0 Å². The van der Waals surface area contributed by atoms with Gasteiger partial charge in [-0.3, -0.25) is 14.5 Å². The van der Waals surface area contributed by atoms with Gasteiger partial charge in [-0.1, -0.05) is 28.1 Å². The summed E-state index contributed by atoms with van der Waals surface area (Å²) in [6.45, 7) is 6.22. The standard InChI is InChI=1S/C16H20BrN3O3/c1-4-19(5-2)13(21)10-20-14(22)16(3,18-15(20)23)11-7-6-8-12(17)9-11/h6-9H,4-5,10H2,1-3H3,(H,18,23)/t16-/m1/s1. The summed E-state index contributed by atoms with van der Waals surface area (Å²) >= 11 is 3.36. The monoisotopic (exact) mass is 381 g/mol. The van der Waals surface area contributed by atoms with Gasteiger partial charge in [0.15, 0.2) is 0 Å². The maximum absolute atomic E-state index is 12.7. The van der Waals surface area contributed by atoms with Crippen molar-refractivity contribution in [1.82, 2.24) is 15.1 Å². The SMILES string of the molecule is CCN(CC)C(=O)CN1C(=O)N[C@](C)(c2cccc(Br)c2)C1=O. The van der Waals surface area contributed by atoms with Crippen molar-refractivity contribution in [3.05, 3.63) is 34.3 Å². The van der Waals surface area contributed by atoms with Crippen molar-refractivity contribution in [2.45, 2.75) is 26.3 Å². The maximum atomic E-state index is 12.7. The highest BCUT2D eigenvalue weighted by molar-refractivity contribution is 9.10. The molecule has 0 aliphatic carbocycles. The van der Waals surface area contributed by atoms with Crippen molar-refractivity contribution in [3.63, 3.8) is 0 Å². The van der Waals surface area contributed by atoms with Crippen LogP contribution in [0.5, 0.6) is 0 Å². The van der Waals surface area contributed by atoms with Crippen molar-refractivity contribution >= 4 is 33.8 Å². The maximum Gasteiger partial charge on any atom is 0.325 e. The van der Waals surface area contributed by atoms with Gasteiger partial charge in [0.25, 0.3) is 5.91 Å². The van der Waals surface area contributed by atoms with Crippen LogP contribution in [-0.4, -0.2) is 47.3 Å². The van der Waals surface area contributed by atoms with Gasteiger partial charge >= 0.3 is 6.03 Å². The van der Waals surface area contributed by atoms with Gasteiger partial charge in [0.1, 0.15) is 12.1 Å². The van der Waals surface area contributed by atoms with Gasteiger partial charge in [0.2, 0.25) is 5.91 Å². The smallest absolute Gasteiger partial charge is 0.325 e. The fourth-order valence-corrected chi connectivity index (χ4v) is 3.05. The molecule has 1 aliphatic rings. The van der Waals surface area contributed by atoms with Crippen molar-refractivity contribution in [2.24, 2.45) is 0 Å². The average Bonchev–Trinajstić information content (AvgIpc) is 2.73. The molecule has 7 heteroatoms. The molecule has 1 saturated heterocycles. The van der Waals surface area contributed by atoms with E-state index in [0.29, 0.717) is 18.7 Å². The molecule has 1 aliphatic heterocycles. The third-order valence-corrected chi connectivity index (χ3v) is 4.58. The summed E-state index contributed by atoms with van der Waals surface area (Å²) in [5.41, 5.74) is -0.493. The number of amides is 4. The lowest BCUT2D eigenvalue weighted by atomic mass is 9.92. The van der Waals surface area contributed by atoms with Gasteiger partial charge < -0.3 is 10.2 Å². The molecule has 1 atom stereocenters.